The zero-order valence-electron chi connectivity index (χ0n) is 10.5. The second-order valence-electron chi connectivity index (χ2n) is 4.22. The molecular weight excluding hydrogens is 283 g/mol. The molecule has 0 fully saturated rings. The molecule has 0 unspecified atom stereocenters. The Morgan fingerprint density at radius 3 is 2.63 bits per heavy atom. The average Bonchev–Trinajstić information content (AvgIpc) is 2.37. The molecule has 0 spiro atoms. The molecule has 1 N–H and O–H groups in total. The van der Waals surface area contributed by atoms with Crippen molar-refractivity contribution < 1.29 is 4.79 Å². The van der Waals surface area contributed by atoms with Gasteiger partial charge in [-0.25, -0.2) is 4.98 Å². The minimum absolute atomic E-state index is 0.266. The summed E-state index contributed by atoms with van der Waals surface area (Å²) in [4.78, 5) is 16.1. The molecule has 0 bridgehead atoms. The summed E-state index contributed by atoms with van der Waals surface area (Å²) in [6, 6.07) is 7.09. The number of aryl methyl sites for hydroxylation is 2. The van der Waals surface area contributed by atoms with Gasteiger partial charge >= 0.3 is 0 Å². The molecule has 3 nitrogen and oxygen atoms in total. The quantitative estimate of drug-likeness (QED) is 0.841. The SMILES string of the molecule is Cc1cc(NC(=O)c2cccc(C)c2Cl)cnc1Cl. The maximum atomic E-state index is 12.1. The first-order chi connectivity index (χ1) is 8.99. The van der Waals surface area contributed by atoms with Crippen molar-refractivity contribution >= 4 is 34.8 Å². The first-order valence-electron chi connectivity index (χ1n) is 5.67. The molecule has 1 aromatic carbocycles. The molecule has 0 aliphatic heterocycles. The molecule has 0 aliphatic rings. The van der Waals surface area contributed by atoms with E-state index in [4.69, 9.17) is 23.2 Å². The Morgan fingerprint density at radius 2 is 1.95 bits per heavy atom. The number of hydrogen-bond donors (Lipinski definition) is 1. The minimum Gasteiger partial charge on any atom is -0.321 e. The van der Waals surface area contributed by atoms with Crippen molar-refractivity contribution in [2.45, 2.75) is 13.8 Å². The van der Waals surface area contributed by atoms with E-state index in [0.29, 0.717) is 21.4 Å². The standard InChI is InChI=1S/C14H12Cl2N2O/c1-8-4-3-5-11(12(8)15)14(19)18-10-6-9(2)13(16)17-7-10/h3-7H,1-2H3,(H,18,19). The summed E-state index contributed by atoms with van der Waals surface area (Å²) in [7, 11) is 0. The Bertz CT molecular complexity index is 641. The lowest BCUT2D eigenvalue weighted by atomic mass is 10.1. The third-order valence-electron chi connectivity index (χ3n) is 2.71. The Hall–Kier alpha value is -1.58. The Kier molecular flexibility index (Phi) is 4.08. The van der Waals surface area contributed by atoms with Gasteiger partial charge in [0.25, 0.3) is 5.91 Å². The van der Waals surface area contributed by atoms with Crippen LogP contribution < -0.4 is 5.32 Å². The van der Waals surface area contributed by atoms with E-state index in [1.54, 1.807) is 18.2 Å². The summed E-state index contributed by atoms with van der Waals surface area (Å²) in [5.41, 5.74) is 2.69. The number of carbonyl (C=O) groups excluding carboxylic acids is 1. The third-order valence-corrected chi connectivity index (χ3v) is 3.61. The van der Waals surface area contributed by atoms with E-state index in [1.165, 1.54) is 6.20 Å². The summed E-state index contributed by atoms with van der Waals surface area (Å²) in [6.07, 6.45) is 1.51. The maximum absolute atomic E-state index is 12.1. The number of carbonyl (C=O) groups is 1. The van der Waals surface area contributed by atoms with Crippen molar-refractivity contribution in [3.63, 3.8) is 0 Å². The van der Waals surface area contributed by atoms with E-state index in [0.717, 1.165) is 11.1 Å². The molecule has 5 heteroatoms. The second kappa shape index (κ2) is 5.59. The number of halogens is 2. The monoisotopic (exact) mass is 294 g/mol. The first kappa shape index (κ1) is 13.8. The molecule has 98 valence electrons. The lowest BCUT2D eigenvalue weighted by molar-refractivity contribution is 0.102. The average molecular weight is 295 g/mol. The number of pyridine rings is 1. The van der Waals surface area contributed by atoms with Gasteiger partial charge in [0.1, 0.15) is 5.15 Å². The Morgan fingerprint density at radius 1 is 1.21 bits per heavy atom. The van der Waals surface area contributed by atoms with Gasteiger partial charge < -0.3 is 5.32 Å². The highest BCUT2D eigenvalue weighted by Gasteiger charge is 2.12. The molecule has 0 saturated carbocycles. The van der Waals surface area contributed by atoms with Crippen molar-refractivity contribution in [1.82, 2.24) is 4.98 Å². The van der Waals surface area contributed by atoms with E-state index < -0.39 is 0 Å². The van der Waals surface area contributed by atoms with Gasteiger partial charge in [0, 0.05) is 0 Å². The fraction of sp³-hybridized carbons (Fsp3) is 0.143. The van der Waals surface area contributed by atoms with E-state index in [-0.39, 0.29) is 5.91 Å². The second-order valence-corrected chi connectivity index (χ2v) is 4.96. The predicted octanol–water partition coefficient (Wildman–Crippen LogP) is 4.26. The fourth-order valence-corrected chi connectivity index (χ4v) is 1.96. The zero-order valence-corrected chi connectivity index (χ0v) is 12.0. The van der Waals surface area contributed by atoms with Gasteiger partial charge in [0.15, 0.2) is 0 Å². The smallest absolute Gasteiger partial charge is 0.257 e. The zero-order chi connectivity index (χ0) is 14.0. The van der Waals surface area contributed by atoms with Crippen LogP contribution in [-0.2, 0) is 0 Å². The van der Waals surface area contributed by atoms with Crippen molar-refractivity contribution in [3.8, 4) is 0 Å². The number of nitrogens with zero attached hydrogens (tertiary/aromatic N) is 1. The van der Waals surface area contributed by atoms with Crippen LogP contribution in [0.5, 0.6) is 0 Å². The fourth-order valence-electron chi connectivity index (χ4n) is 1.65. The summed E-state index contributed by atoms with van der Waals surface area (Å²) < 4.78 is 0. The van der Waals surface area contributed by atoms with Crippen LogP contribution in [0.15, 0.2) is 30.5 Å². The third kappa shape index (κ3) is 3.06. The van der Waals surface area contributed by atoms with Gasteiger partial charge in [-0.05, 0) is 37.1 Å². The summed E-state index contributed by atoms with van der Waals surface area (Å²) in [5.74, 6) is -0.266. The highest BCUT2D eigenvalue weighted by atomic mass is 35.5. The normalized spacial score (nSPS) is 10.3. The molecule has 0 atom stereocenters. The van der Waals surface area contributed by atoms with Crippen LogP contribution in [-0.4, -0.2) is 10.9 Å². The topological polar surface area (TPSA) is 42.0 Å². The van der Waals surface area contributed by atoms with Crippen molar-refractivity contribution in [3.05, 3.63) is 57.3 Å². The van der Waals surface area contributed by atoms with Gasteiger partial charge in [-0.3, -0.25) is 4.79 Å². The first-order valence-corrected chi connectivity index (χ1v) is 6.43. The lowest BCUT2D eigenvalue weighted by Crippen LogP contribution is -2.13. The minimum atomic E-state index is -0.266. The van der Waals surface area contributed by atoms with E-state index >= 15 is 0 Å². The van der Waals surface area contributed by atoms with Gasteiger partial charge in [0.2, 0.25) is 0 Å². The molecule has 0 radical (unpaired) electrons. The van der Waals surface area contributed by atoms with Crippen LogP contribution in [0.1, 0.15) is 21.5 Å². The Labute approximate surface area is 121 Å². The number of hydrogen-bond acceptors (Lipinski definition) is 2. The summed E-state index contributed by atoms with van der Waals surface area (Å²) in [6.45, 7) is 3.68. The van der Waals surface area contributed by atoms with Crippen molar-refractivity contribution in [1.29, 1.82) is 0 Å². The molecule has 2 aromatic rings. The number of anilines is 1. The van der Waals surface area contributed by atoms with Crippen LogP contribution in [0.2, 0.25) is 10.2 Å². The van der Waals surface area contributed by atoms with E-state index in [2.05, 4.69) is 10.3 Å². The lowest BCUT2D eigenvalue weighted by Gasteiger charge is -2.09. The van der Waals surface area contributed by atoms with Crippen LogP contribution in [0.3, 0.4) is 0 Å². The van der Waals surface area contributed by atoms with E-state index in [1.807, 2.05) is 19.9 Å². The number of nitrogens with one attached hydrogen (secondary N) is 1. The molecule has 0 saturated heterocycles. The van der Waals surface area contributed by atoms with Crippen LogP contribution in [0.25, 0.3) is 0 Å². The van der Waals surface area contributed by atoms with Crippen molar-refractivity contribution in [2.24, 2.45) is 0 Å². The number of benzene rings is 1. The van der Waals surface area contributed by atoms with Gasteiger partial charge in [-0.2, -0.15) is 0 Å². The number of amides is 1. The summed E-state index contributed by atoms with van der Waals surface area (Å²) >= 11 is 11.9. The summed E-state index contributed by atoms with van der Waals surface area (Å²) in [5, 5.41) is 3.63. The molecule has 2 rings (SSSR count). The van der Waals surface area contributed by atoms with Gasteiger partial charge in [0.05, 0.1) is 22.5 Å². The molecular formula is C14H12Cl2N2O. The predicted molar refractivity (Wildman–Crippen MR) is 78.1 cm³/mol. The van der Waals surface area contributed by atoms with Crippen LogP contribution in [0.4, 0.5) is 5.69 Å². The largest absolute Gasteiger partial charge is 0.321 e. The molecule has 19 heavy (non-hydrogen) atoms. The molecule has 1 heterocycles. The number of aromatic nitrogens is 1. The molecule has 1 amide bonds. The Balaban J connectivity index is 2.26. The molecule has 0 aliphatic carbocycles. The maximum Gasteiger partial charge on any atom is 0.257 e. The van der Waals surface area contributed by atoms with Gasteiger partial charge in [-0.15, -0.1) is 0 Å². The highest BCUT2D eigenvalue weighted by molar-refractivity contribution is 6.35. The molecule has 1 aromatic heterocycles. The van der Waals surface area contributed by atoms with Crippen LogP contribution >= 0.6 is 23.2 Å². The highest BCUT2D eigenvalue weighted by Crippen LogP contribution is 2.22. The van der Waals surface area contributed by atoms with Crippen LogP contribution in [0, 0.1) is 13.8 Å². The van der Waals surface area contributed by atoms with Crippen molar-refractivity contribution in [2.75, 3.05) is 5.32 Å². The van der Waals surface area contributed by atoms with Gasteiger partial charge in [-0.1, -0.05) is 35.3 Å². The number of rotatable bonds is 2. The van der Waals surface area contributed by atoms with E-state index in [9.17, 15) is 4.79 Å².